The van der Waals surface area contributed by atoms with Crippen LogP contribution in [0, 0.1) is 6.92 Å². The highest BCUT2D eigenvalue weighted by atomic mass is 32.1. The molecule has 6 aromatic rings. The second-order valence-corrected chi connectivity index (χ2v) is 8.42. The normalized spacial score (nSPS) is 12.1. The van der Waals surface area contributed by atoms with Crippen LogP contribution in [0.3, 0.4) is 0 Å². The van der Waals surface area contributed by atoms with Crippen molar-refractivity contribution < 1.29 is 4.57 Å². The maximum absolute atomic E-state index is 2.38. The van der Waals surface area contributed by atoms with Crippen LogP contribution >= 0.6 is 11.3 Å². The van der Waals surface area contributed by atoms with Crippen LogP contribution in [0.2, 0.25) is 0 Å². The smallest absolute Gasteiger partial charge is 0.201 e. The summed E-state index contributed by atoms with van der Waals surface area (Å²) in [5.74, 6) is 0. The quantitative estimate of drug-likeness (QED) is 0.229. The maximum atomic E-state index is 2.38. The van der Waals surface area contributed by atoms with E-state index in [2.05, 4.69) is 91.5 Å². The third kappa shape index (κ3) is 1.91. The first-order valence-corrected chi connectivity index (χ1v) is 10.1. The fraction of sp³-hybridized carbons (Fsp3) is 0.0800. The van der Waals surface area contributed by atoms with E-state index in [0.717, 1.165) is 0 Å². The molecule has 6 rings (SSSR count). The molecule has 128 valence electrons. The van der Waals surface area contributed by atoms with Crippen LogP contribution in [0.4, 0.5) is 0 Å². The van der Waals surface area contributed by atoms with Gasteiger partial charge in [0.05, 0.1) is 5.56 Å². The summed E-state index contributed by atoms with van der Waals surface area (Å²) < 4.78 is 5.01. The topological polar surface area (TPSA) is 3.88 Å². The Morgan fingerprint density at radius 2 is 1.44 bits per heavy atom. The second-order valence-electron chi connectivity index (χ2n) is 7.34. The highest BCUT2D eigenvalue weighted by Crippen LogP contribution is 2.48. The van der Waals surface area contributed by atoms with Crippen LogP contribution in [-0.4, -0.2) is 0 Å². The SMILES string of the molecule is Cc1cc2sc3cccc4c5ccccc5c(c1-c1cccc[n+]1C)c2c34. The molecule has 0 spiro atoms. The number of thiophene rings is 1. The van der Waals surface area contributed by atoms with Crippen molar-refractivity contribution in [2.45, 2.75) is 6.92 Å². The van der Waals surface area contributed by atoms with Gasteiger partial charge in [0.15, 0.2) is 6.20 Å². The van der Waals surface area contributed by atoms with E-state index in [9.17, 15) is 0 Å². The summed E-state index contributed by atoms with van der Waals surface area (Å²) in [5, 5.41) is 8.31. The molecular formula is C25H18NS+. The van der Waals surface area contributed by atoms with Gasteiger partial charge in [0, 0.05) is 37.7 Å². The van der Waals surface area contributed by atoms with Crippen molar-refractivity contribution in [3.8, 4) is 11.3 Å². The minimum atomic E-state index is 1.26. The molecule has 0 saturated heterocycles. The lowest BCUT2D eigenvalue weighted by Crippen LogP contribution is -2.30. The van der Waals surface area contributed by atoms with Crippen molar-refractivity contribution in [3.63, 3.8) is 0 Å². The molecule has 0 atom stereocenters. The van der Waals surface area contributed by atoms with Gasteiger partial charge in [-0.1, -0.05) is 36.4 Å². The van der Waals surface area contributed by atoms with Gasteiger partial charge >= 0.3 is 0 Å². The monoisotopic (exact) mass is 364 g/mol. The van der Waals surface area contributed by atoms with Crippen LogP contribution in [0.5, 0.6) is 0 Å². The van der Waals surface area contributed by atoms with E-state index in [-0.39, 0.29) is 0 Å². The largest absolute Gasteiger partial charge is 0.213 e. The van der Waals surface area contributed by atoms with Gasteiger partial charge in [0.2, 0.25) is 5.69 Å². The Morgan fingerprint density at radius 3 is 2.30 bits per heavy atom. The molecule has 0 amide bonds. The predicted molar refractivity (Wildman–Crippen MR) is 117 cm³/mol. The molecule has 0 bridgehead atoms. The Kier molecular flexibility index (Phi) is 2.95. The summed E-state index contributed by atoms with van der Waals surface area (Å²) in [4.78, 5) is 0. The first-order valence-electron chi connectivity index (χ1n) is 9.27. The van der Waals surface area contributed by atoms with E-state index in [1.807, 2.05) is 11.3 Å². The number of aryl methyl sites for hydroxylation is 2. The van der Waals surface area contributed by atoms with Gasteiger partial charge in [-0.05, 0) is 46.8 Å². The van der Waals surface area contributed by atoms with E-state index in [1.165, 1.54) is 58.5 Å². The number of aromatic nitrogens is 1. The van der Waals surface area contributed by atoms with Gasteiger partial charge in [-0.3, -0.25) is 0 Å². The van der Waals surface area contributed by atoms with Crippen molar-refractivity contribution in [3.05, 3.63) is 78.5 Å². The van der Waals surface area contributed by atoms with Crippen LogP contribution in [0.15, 0.2) is 72.9 Å². The number of nitrogens with zero attached hydrogens (tertiary/aromatic N) is 1. The number of hydrogen-bond acceptors (Lipinski definition) is 1. The minimum Gasteiger partial charge on any atom is -0.201 e. The van der Waals surface area contributed by atoms with Gasteiger partial charge in [-0.25, -0.2) is 4.57 Å². The molecule has 2 heterocycles. The lowest BCUT2D eigenvalue weighted by Gasteiger charge is -2.14. The molecule has 0 saturated carbocycles. The van der Waals surface area contributed by atoms with Crippen LogP contribution < -0.4 is 4.57 Å². The van der Waals surface area contributed by atoms with E-state index >= 15 is 0 Å². The lowest BCUT2D eigenvalue weighted by atomic mass is 9.88. The van der Waals surface area contributed by atoms with E-state index < -0.39 is 0 Å². The van der Waals surface area contributed by atoms with Gasteiger partial charge in [-0.15, -0.1) is 11.3 Å². The van der Waals surface area contributed by atoms with E-state index in [4.69, 9.17) is 0 Å². The molecule has 4 aromatic carbocycles. The van der Waals surface area contributed by atoms with Crippen molar-refractivity contribution in [2.75, 3.05) is 0 Å². The molecular weight excluding hydrogens is 346 g/mol. The van der Waals surface area contributed by atoms with Gasteiger partial charge in [-0.2, -0.15) is 0 Å². The van der Waals surface area contributed by atoms with E-state index in [0.29, 0.717) is 0 Å². The van der Waals surface area contributed by atoms with Crippen LogP contribution in [0.25, 0.3) is 53.0 Å². The molecule has 27 heavy (non-hydrogen) atoms. The van der Waals surface area contributed by atoms with Gasteiger partial charge in [0.1, 0.15) is 7.05 Å². The first kappa shape index (κ1) is 15.1. The van der Waals surface area contributed by atoms with Crippen LogP contribution in [-0.2, 0) is 7.05 Å². The summed E-state index contributed by atoms with van der Waals surface area (Å²) in [6.07, 6.45) is 2.14. The molecule has 2 heteroatoms. The Labute approximate surface area is 161 Å². The Hall–Kier alpha value is -2.97. The number of fused-ring (bicyclic) bond motifs is 3. The minimum absolute atomic E-state index is 1.26. The molecule has 1 nitrogen and oxygen atoms in total. The number of pyridine rings is 1. The highest BCUT2D eigenvalue weighted by Gasteiger charge is 2.23. The Balaban J connectivity index is 2.00. The average Bonchev–Trinajstić information content (AvgIpc) is 3.06. The predicted octanol–water partition coefficient (Wildman–Crippen LogP) is 6.60. The van der Waals surface area contributed by atoms with Gasteiger partial charge < -0.3 is 0 Å². The van der Waals surface area contributed by atoms with Gasteiger partial charge in [0.25, 0.3) is 0 Å². The van der Waals surface area contributed by atoms with Crippen molar-refractivity contribution in [1.29, 1.82) is 0 Å². The highest BCUT2D eigenvalue weighted by molar-refractivity contribution is 7.26. The standard InChI is InChI=1S/C25H18NS/c1-15-14-21-25-23-17(10-7-12-20(23)27-21)16-8-3-4-9-18(16)24(25)22(15)19-11-5-6-13-26(19)2/h3-14H,1-2H3/q+1. The first-order chi connectivity index (χ1) is 13.2. The number of hydrogen-bond donors (Lipinski definition) is 0. The molecule has 0 unspecified atom stereocenters. The maximum Gasteiger partial charge on any atom is 0.213 e. The van der Waals surface area contributed by atoms with Crippen molar-refractivity contribution in [2.24, 2.45) is 7.05 Å². The van der Waals surface area contributed by atoms with Crippen molar-refractivity contribution >= 4 is 53.1 Å². The molecule has 0 N–H and O–H groups in total. The molecule has 0 fully saturated rings. The second kappa shape index (κ2) is 5.28. The molecule has 2 aromatic heterocycles. The fourth-order valence-electron chi connectivity index (χ4n) is 4.65. The molecule has 0 aliphatic heterocycles. The van der Waals surface area contributed by atoms with E-state index in [1.54, 1.807) is 0 Å². The summed E-state index contributed by atoms with van der Waals surface area (Å²) in [5.41, 5.74) is 3.96. The van der Waals surface area contributed by atoms with Crippen molar-refractivity contribution in [1.82, 2.24) is 0 Å². The molecule has 0 radical (unpaired) electrons. The summed E-state index contributed by atoms with van der Waals surface area (Å²) in [6, 6.07) is 24.5. The number of benzene rings is 4. The third-order valence-corrected chi connectivity index (χ3v) is 6.88. The molecule has 0 aliphatic rings. The Bertz CT molecular complexity index is 1490. The van der Waals surface area contributed by atoms with Crippen LogP contribution in [0.1, 0.15) is 5.56 Å². The zero-order chi connectivity index (χ0) is 18.1. The zero-order valence-corrected chi connectivity index (χ0v) is 16.1. The average molecular weight is 364 g/mol. The third-order valence-electron chi connectivity index (χ3n) is 5.78. The molecule has 0 aliphatic carbocycles. The Morgan fingerprint density at radius 1 is 0.704 bits per heavy atom. The zero-order valence-electron chi connectivity index (χ0n) is 15.3. The summed E-state index contributed by atoms with van der Waals surface area (Å²) in [7, 11) is 2.14. The summed E-state index contributed by atoms with van der Waals surface area (Å²) in [6.45, 7) is 2.25. The lowest BCUT2D eigenvalue weighted by molar-refractivity contribution is -0.660. The summed E-state index contributed by atoms with van der Waals surface area (Å²) >= 11 is 1.92. The fourth-order valence-corrected chi connectivity index (χ4v) is 5.89. The number of rotatable bonds is 1.